The number of hydrogen-bond acceptors (Lipinski definition) is 1. The molecule has 0 aromatic heterocycles. The number of hydrogen-bond donors (Lipinski definition) is 1. The fraction of sp³-hybridized carbons (Fsp3) is 0.818. The molecule has 0 bridgehead atoms. The van der Waals surface area contributed by atoms with Crippen molar-refractivity contribution in [1.29, 1.82) is 0 Å². The van der Waals surface area contributed by atoms with Crippen LogP contribution < -0.4 is 0 Å². The topological polar surface area (TPSA) is 20.2 Å². The fourth-order valence-corrected chi connectivity index (χ4v) is 1.90. The van der Waals surface area contributed by atoms with Gasteiger partial charge in [0.1, 0.15) is 0 Å². The maximum absolute atomic E-state index is 9.86. The molecule has 0 aliphatic heterocycles. The molecule has 0 aromatic rings. The molecule has 1 nitrogen and oxygen atoms in total. The van der Waals surface area contributed by atoms with Gasteiger partial charge in [-0.3, -0.25) is 0 Å². The molecule has 1 fully saturated rings. The molecule has 68 valence electrons. The Kier molecular flexibility index (Phi) is 2.80. The quantitative estimate of drug-likeness (QED) is 0.637. The standard InChI is InChI=1S/C11H18O/c1-4-5-6-11(12)7-10(8-11)9(2)3/h1,9-10,12H,5-8H2,2-3H3. The molecular weight excluding hydrogens is 148 g/mol. The first-order chi connectivity index (χ1) is 5.57. The van der Waals surface area contributed by atoms with Gasteiger partial charge in [0.05, 0.1) is 5.60 Å². The summed E-state index contributed by atoms with van der Waals surface area (Å²) in [4.78, 5) is 0. The molecule has 0 amide bonds. The van der Waals surface area contributed by atoms with Crippen LogP contribution in [-0.4, -0.2) is 10.7 Å². The second-order valence-electron chi connectivity index (χ2n) is 4.34. The van der Waals surface area contributed by atoms with E-state index in [1.807, 2.05) is 0 Å². The van der Waals surface area contributed by atoms with E-state index >= 15 is 0 Å². The highest BCUT2D eigenvalue weighted by Crippen LogP contribution is 2.44. The van der Waals surface area contributed by atoms with Gasteiger partial charge < -0.3 is 5.11 Å². The van der Waals surface area contributed by atoms with Crippen molar-refractivity contribution in [2.45, 2.75) is 45.1 Å². The van der Waals surface area contributed by atoms with Crippen molar-refractivity contribution in [2.75, 3.05) is 0 Å². The van der Waals surface area contributed by atoms with Gasteiger partial charge in [-0.15, -0.1) is 12.3 Å². The summed E-state index contributed by atoms with van der Waals surface area (Å²) >= 11 is 0. The van der Waals surface area contributed by atoms with Crippen molar-refractivity contribution >= 4 is 0 Å². The normalized spacial score (nSPS) is 34.4. The Hall–Kier alpha value is -0.480. The minimum absolute atomic E-state index is 0.415. The molecule has 1 N–H and O–H groups in total. The average Bonchev–Trinajstić information content (AvgIpc) is 1.95. The van der Waals surface area contributed by atoms with Crippen LogP contribution in [0.5, 0.6) is 0 Å². The molecule has 0 saturated heterocycles. The molecule has 0 radical (unpaired) electrons. The van der Waals surface area contributed by atoms with Crippen LogP contribution in [0.3, 0.4) is 0 Å². The van der Waals surface area contributed by atoms with E-state index in [1.165, 1.54) is 0 Å². The third-order valence-corrected chi connectivity index (χ3v) is 2.96. The van der Waals surface area contributed by atoms with Gasteiger partial charge >= 0.3 is 0 Å². The Morgan fingerprint density at radius 3 is 2.58 bits per heavy atom. The molecule has 1 saturated carbocycles. The summed E-state index contributed by atoms with van der Waals surface area (Å²) in [5.41, 5.74) is -0.415. The van der Waals surface area contributed by atoms with E-state index in [9.17, 15) is 5.11 Å². The van der Waals surface area contributed by atoms with Crippen LogP contribution in [0.25, 0.3) is 0 Å². The van der Waals surface area contributed by atoms with E-state index in [0.29, 0.717) is 18.3 Å². The minimum atomic E-state index is -0.415. The lowest BCUT2D eigenvalue weighted by atomic mass is 9.64. The number of terminal acetylenes is 1. The molecule has 12 heavy (non-hydrogen) atoms. The van der Waals surface area contributed by atoms with Gasteiger partial charge in [0.15, 0.2) is 0 Å². The zero-order valence-corrected chi connectivity index (χ0v) is 8.01. The van der Waals surface area contributed by atoms with Crippen LogP contribution in [-0.2, 0) is 0 Å². The molecular formula is C11H18O. The second-order valence-corrected chi connectivity index (χ2v) is 4.34. The van der Waals surface area contributed by atoms with Crippen LogP contribution in [0.1, 0.15) is 39.5 Å². The zero-order chi connectivity index (χ0) is 9.19. The van der Waals surface area contributed by atoms with E-state index < -0.39 is 5.60 Å². The lowest BCUT2D eigenvalue weighted by Gasteiger charge is -2.45. The molecule has 0 unspecified atom stereocenters. The molecule has 1 aliphatic rings. The summed E-state index contributed by atoms with van der Waals surface area (Å²) in [6.45, 7) is 4.43. The van der Waals surface area contributed by atoms with Gasteiger partial charge in [-0.1, -0.05) is 13.8 Å². The van der Waals surface area contributed by atoms with Crippen molar-refractivity contribution in [3.05, 3.63) is 0 Å². The monoisotopic (exact) mass is 166 g/mol. The van der Waals surface area contributed by atoms with E-state index in [4.69, 9.17) is 6.42 Å². The predicted octanol–water partition coefficient (Wildman–Crippen LogP) is 2.20. The predicted molar refractivity (Wildman–Crippen MR) is 50.6 cm³/mol. The summed E-state index contributed by atoms with van der Waals surface area (Å²) in [5, 5.41) is 9.86. The highest BCUT2D eigenvalue weighted by Gasteiger charge is 2.42. The largest absolute Gasteiger partial charge is 0.390 e. The van der Waals surface area contributed by atoms with Crippen molar-refractivity contribution in [1.82, 2.24) is 0 Å². The Balaban J connectivity index is 2.26. The Morgan fingerprint density at radius 1 is 1.58 bits per heavy atom. The van der Waals surface area contributed by atoms with Gasteiger partial charge in [0.2, 0.25) is 0 Å². The minimum Gasteiger partial charge on any atom is -0.390 e. The van der Waals surface area contributed by atoms with Crippen LogP contribution in [0.15, 0.2) is 0 Å². The maximum Gasteiger partial charge on any atom is 0.0662 e. The first-order valence-corrected chi connectivity index (χ1v) is 4.73. The van der Waals surface area contributed by atoms with Gasteiger partial charge in [-0.2, -0.15) is 0 Å². The van der Waals surface area contributed by atoms with Crippen LogP contribution in [0, 0.1) is 24.2 Å². The lowest BCUT2D eigenvalue weighted by Crippen LogP contribution is -2.45. The van der Waals surface area contributed by atoms with E-state index in [1.54, 1.807) is 0 Å². The molecule has 0 spiro atoms. The van der Waals surface area contributed by atoms with Crippen molar-refractivity contribution in [3.63, 3.8) is 0 Å². The van der Waals surface area contributed by atoms with Gasteiger partial charge in [-0.05, 0) is 31.1 Å². The third kappa shape index (κ3) is 2.01. The maximum atomic E-state index is 9.86. The molecule has 1 aliphatic carbocycles. The van der Waals surface area contributed by atoms with Crippen molar-refractivity contribution in [3.8, 4) is 12.3 Å². The fourth-order valence-electron chi connectivity index (χ4n) is 1.90. The lowest BCUT2D eigenvalue weighted by molar-refractivity contribution is -0.0912. The van der Waals surface area contributed by atoms with Crippen LogP contribution in [0.2, 0.25) is 0 Å². The van der Waals surface area contributed by atoms with Crippen molar-refractivity contribution in [2.24, 2.45) is 11.8 Å². The summed E-state index contributed by atoms with van der Waals surface area (Å²) < 4.78 is 0. The van der Waals surface area contributed by atoms with E-state index in [0.717, 1.165) is 19.3 Å². The molecule has 0 aromatic carbocycles. The molecule has 0 atom stereocenters. The first kappa shape index (κ1) is 9.61. The summed E-state index contributed by atoms with van der Waals surface area (Å²) in [6.07, 6.45) is 8.54. The van der Waals surface area contributed by atoms with Gasteiger partial charge in [0, 0.05) is 6.42 Å². The molecule has 1 rings (SSSR count). The Labute approximate surface area is 75.2 Å². The number of aliphatic hydroxyl groups is 1. The smallest absolute Gasteiger partial charge is 0.0662 e. The first-order valence-electron chi connectivity index (χ1n) is 4.73. The summed E-state index contributed by atoms with van der Waals surface area (Å²) in [5.74, 6) is 4.00. The molecule has 0 heterocycles. The van der Waals surface area contributed by atoms with Crippen LogP contribution in [0.4, 0.5) is 0 Å². The van der Waals surface area contributed by atoms with Crippen molar-refractivity contribution < 1.29 is 5.11 Å². The molecule has 1 heteroatoms. The Morgan fingerprint density at radius 2 is 2.17 bits per heavy atom. The van der Waals surface area contributed by atoms with Crippen LogP contribution >= 0.6 is 0 Å². The highest BCUT2D eigenvalue weighted by atomic mass is 16.3. The highest BCUT2D eigenvalue weighted by molar-refractivity contribution is 4.98. The summed E-state index contributed by atoms with van der Waals surface area (Å²) in [6, 6.07) is 0. The SMILES string of the molecule is C#CCCC1(O)CC(C(C)C)C1. The summed E-state index contributed by atoms with van der Waals surface area (Å²) in [7, 11) is 0. The average molecular weight is 166 g/mol. The number of rotatable bonds is 3. The Bertz CT molecular complexity index is 182. The van der Waals surface area contributed by atoms with E-state index in [2.05, 4.69) is 19.8 Å². The second kappa shape index (κ2) is 3.49. The van der Waals surface area contributed by atoms with Gasteiger partial charge in [-0.25, -0.2) is 0 Å². The third-order valence-electron chi connectivity index (χ3n) is 2.96. The zero-order valence-electron chi connectivity index (χ0n) is 8.01. The van der Waals surface area contributed by atoms with Gasteiger partial charge in [0.25, 0.3) is 0 Å². The van der Waals surface area contributed by atoms with E-state index in [-0.39, 0.29) is 0 Å².